The maximum Gasteiger partial charge on any atom is 0.341 e. The zero-order chi connectivity index (χ0) is 13.4. The van der Waals surface area contributed by atoms with Crippen LogP contribution in [0.2, 0.25) is 0 Å². The van der Waals surface area contributed by atoms with Crippen molar-refractivity contribution in [2.75, 3.05) is 0 Å². The third kappa shape index (κ3) is 1.81. The van der Waals surface area contributed by atoms with Gasteiger partial charge in [0.05, 0.1) is 0 Å². The zero-order valence-corrected chi connectivity index (χ0v) is 9.81. The molecule has 2 aromatic heterocycles. The predicted molar refractivity (Wildman–Crippen MR) is 71.3 cm³/mol. The van der Waals surface area contributed by atoms with Gasteiger partial charge in [-0.1, -0.05) is 12.1 Å². The first kappa shape index (κ1) is 11.3. The molecule has 3 aromatic rings. The summed E-state index contributed by atoms with van der Waals surface area (Å²) in [6, 6.07) is 10.5. The van der Waals surface area contributed by atoms with Crippen molar-refractivity contribution >= 4 is 16.9 Å². The largest absolute Gasteiger partial charge is 0.477 e. The average Bonchev–Trinajstić information content (AvgIpc) is 2.86. The Balaban J connectivity index is 2.22. The third-order valence-electron chi connectivity index (χ3n) is 3.03. The number of H-pyrrole nitrogens is 2. The Labute approximate surface area is 107 Å². The molecule has 0 saturated carbocycles. The van der Waals surface area contributed by atoms with Gasteiger partial charge in [-0.25, -0.2) is 4.79 Å². The summed E-state index contributed by atoms with van der Waals surface area (Å²) >= 11 is 0. The summed E-state index contributed by atoms with van der Waals surface area (Å²) in [5, 5.41) is 9.81. The van der Waals surface area contributed by atoms with E-state index < -0.39 is 11.5 Å². The second-order valence-corrected chi connectivity index (χ2v) is 4.16. The summed E-state index contributed by atoms with van der Waals surface area (Å²) in [5.74, 6) is -1.23. The number of carboxylic acid groups (broad SMARTS) is 1. The van der Waals surface area contributed by atoms with E-state index in [0.29, 0.717) is 5.69 Å². The van der Waals surface area contributed by atoms with E-state index in [1.165, 1.54) is 6.07 Å². The van der Waals surface area contributed by atoms with Crippen molar-refractivity contribution in [1.82, 2.24) is 9.97 Å². The Morgan fingerprint density at radius 2 is 1.95 bits per heavy atom. The second kappa shape index (κ2) is 4.13. The van der Waals surface area contributed by atoms with Gasteiger partial charge in [0.2, 0.25) is 0 Å². The predicted octanol–water partition coefficient (Wildman–Crippen LogP) is 2.22. The van der Waals surface area contributed by atoms with Crippen LogP contribution in [0.3, 0.4) is 0 Å². The summed E-state index contributed by atoms with van der Waals surface area (Å²) in [5.41, 5.74) is 1.55. The summed E-state index contributed by atoms with van der Waals surface area (Å²) < 4.78 is 0. The average molecular weight is 254 g/mol. The first-order valence-electron chi connectivity index (χ1n) is 5.70. The lowest BCUT2D eigenvalue weighted by molar-refractivity contribution is 0.0695. The molecule has 0 aliphatic heterocycles. The van der Waals surface area contributed by atoms with Crippen LogP contribution in [0.1, 0.15) is 10.4 Å². The lowest BCUT2D eigenvalue weighted by atomic mass is 10.1. The Hall–Kier alpha value is -2.82. The highest BCUT2D eigenvalue weighted by Gasteiger charge is 2.10. The summed E-state index contributed by atoms with van der Waals surface area (Å²) in [6.45, 7) is 0. The summed E-state index contributed by atoms with van der Waals surface area (Å²) in [6.07, 6.45) is 1.82. The molecule has 1 aromatic carbocycles. The number of aromatic amines is 2. The minimum absolute atomic E-state index is 0.259. The van der Waals surface area contributed by atoms with E-state index in [4.69, 9.17) is 5.11 Å². The molecule has 0 radical (unpaired) electrons. The van der Waals surface area contributed by atoms with E-state index in [9.17, 15) is 9.59 Å². The minimum atomic E-state index is -1.23. The number of fused-ring (bicyclic) bond motifs is 1. The molecule has 0 saturated heterocycles. The van der Waals surface area contributed by atoms with Gasteiger partial charge in [-0.15, -0.1) is 0 Å². The molecular formula is C14H10N2O3. The molecule has 0 bridgehead atoms. The number of aromatic nitrogens is 2. The van der Waals surface area contributed by atoms with Crippen molar-refractivity contribution in [3.05, 3.63) is 58.5 Å². The molecule has 0 atom stereocenters. The van der Waals surface area contributed by atoms with Crippen LogP contribution in [0.25, 0.3) is 22.2 Å². The minimum Gasteiger partial charge on any atom is -0.477 e. The van der Waals surface area contributed by atoms with Gasteiger partial charge in [-0.2, -0.15) is 0 Å². The lowest BCUT2D eigenvalue weighted by Crippen LogP contribution is -2.17. The van der Waals surface area contributed by atoms with E-state index in [1.54, 1.807) is 6.07 Å². The maximum absolute atomic E-state index is 11.7. The number of nitrogens with one attached hydrogen (secondary N) is 2. The Bertz CT molecular complexity index is 830. The number of hydrogen-bond acceptors (Lipinski definition) is 2. The molecule has 0 fully saturated rings. The quantitative estimate of drug-likeness (QED) is 0.655. The van der Waals surface area contributed by atoms with Crippen LogP contribution in [0.15, 0.2) is 47.4 Å². The van der Waals surface area contributed by atoms with Crippen molar-refractivity contribution in [2.45, 2.75) is 0 Å². The lowest BCUT2D eigenvalue weighted by Gasteiger charge is -2.04. The molecule has 0 amide bonds. The van der Waals surface area contributed by atoms with Crippen LogP contribution >= 0.6 is 0 Å². The van der Waals surface area contributed by atoms with Gasteiger partial charge < -0.3 is 15.1 Å². The van der Waals surface area contributed by atoms with Gasteiger partial charge in [-0.3, -0.25) is 4.79 Å². The third-order valence-corrected chi connectivity index (χ3v) is 3.03. The van der Waals surface area contributed by atoms with Crippen molar-refractivity contribution in [3.63, 3.8) is 0 Å². The molecule has 0 spiro atoms. The van der Waals surface area contributed by atoms with Gasteiger partial charge in [-0.05, 0) is 24.3 Å². The Morgan fingerprint density at radius 1 is 1.11 bits per heavy atom. The molecule has 3 N–H and O–H groups in total. The number of hydrogen-bond donors (Lipinski definition) is 3. The van der Waals surface area contributed by atoms with Crippen LogP contribution in [0, 0.1) is 0 Å². The Kier molecular flexibility index (Phi) is 2.45. The van der Waals surface area contributed by atoms with Gasteiger partial charge in [0.15, 0.2) is 0 Å². The molecule has 0 aliphatic carbocycles. The van der Waals surface area contributed by atoms with Crippen LogP contribution in [0.4, 0.5) is 0 Å². The standard InChI is InChI=1S/C14H10N2O3/c17-13-10(14(18)19)4-5-12(16-13)8-2-1-3-11-9(8)6-7-15-11/h1-7,15H,(H,16,17)(H,18,19). The highest BCUT2D eigenvalue weighted by atomic mass is 16.4. The first-order chi connectivity index (χ1) is 9.16. The van der Waals surface area contributed by atoms with E-state index in [2.05, 4.69) is 9.97 Å². The van der Waals surface area contributed by atoms with E-state index in [-0.39, 0.29) is 5.56 Å². The van der Waals surface area contributed by atoms with Crippen LogP contribution in [-0.4, -0.2) is 21.0 Å². The summed E-state index contributed by atoms with van der Waals surface area (Å²) in [7, 11) is 0. The monoisotopic (exact) mass is 254 g/mol. The molecular weight excluding hydrogens is 244 g/mol. The number of aromatic carboxylic acids is 1. The van der Waals surface area contributed by atoms with Crippen LogP contribution < -0.4 is 5.56 Å². The molecule has 19 heavy (non-hydrogen) atoms. The molecule has 3 rings (SSSR count). The van der Waals surface area contributed by atoms with Gasteiger partial charge >= 0.3 is 5.97 Å². The fourth-order valence-corrected chi connectivity index (χ4v) is 2.12. The SMILES string of the molecule is O=C(O)c1ccc(-c2cccc3[nH]ccc23)[nH]c1=O. The number of carbonyl (C=O) groups is 1. The van der Waals surface area contributed by atoms with Crippen molar-refractivity contribution in [1.29, 1.82) is 0 Å². The fraction of sp³-hybridized carbons (Fsp3) is 0. The second-order valence-electron chi connectivity index (χ2n) is 4.16. The van der Waals surface area contributed by atoms with Gasteiger partial charge in [0, 0.05) is 28.4 Å². The first-order valence-corrected chi connectivity index (χ1v) is 5.70. The zero-order valence-electron chi connectivity index (χ0n) is 9.81. The van der Waals surface area contributed by atoms with Gasteiger partial charge in [0.25, 0.3) is 5.56 Å². The number of rotatable bonds is 2. The molecule has 0 aliphatic rings. The maximum atomic E-state index is 11.7. The van der Waals surface area contributed by atoms with E-state index >= 15 is 0 Å². The smallest absolute Gasteiger partial charge is 0.341 e. The van der Waals surface area contributed by atoms with Gasteiger partial charge in [0.1, 0.15) is 5.56 Å². The Morgan fingerprint density at radius 3 is 2.68 bits per heavy atom. The number of benzene rings is 1. The highest BCUT2D eigenvalue weighted by molar-refractivity contribution is 5.94. The number of carboxylic acids is 1. The topological polar surface area (TPSA) is 85.9 Å². The van der Waals surface area contributed by atoms with Crippen LogP contribution in [0.5, 0.6) is 0 Å². The molecule has 5 heteroatoms. The molecule has 5 nitrogen and oxygen atoms in total. The molecule has 94 valence electrons. The summed E-state index contributed by atoms with van der Waals surface area (Å²) in [4.78, 5) is 28.2. The van der Waals surface area contributed by atoms with E-state index in [0.717, 1.165) is 16.5 Å². The molecule has 0 unspecified atom stereocenters. The molecule has 2 heterocycles. The highest BCUT2D eigenvalue weighted by Crippen LogP contribution is 2.25. The van der Waals surface area contributed by atoms with Crippen LogP contribution in [-0.2, 0) is 0 Å². The van der Waals surface area contributed by atoms with E-state index in [1.807, 2.05) is 30.5 Å². The normalized spacial score (nSPS) is 10.7. The van der Waals surface area contributed by atoms with Crippen molar-refractivity contribution in [3.8, 4) is 11.3 Å². The fourth-order valence-electron chi connectivity index (χ4n) is 2.12. The van der Waals surface area contributed by atoms with Crippen molar-refractivity contribution in [2.24, 2.45) is 0 Å². The van der Waals surface area contributed by atoms with Crippen molar-refractivity contribution < 1.29 is 9.90 Å². The number of pyridine rings is 1.